The fraction of sp³-hybridized carbons (Fsp3) is 0.556. The van der Waals surface area contributed by atoms with Crippen molar-refractivity contribution < 1.29 is 14.3 Å². The van der Waals surface area contributed by atoms with Gasteiger partial charge in [0.1, 0.15) is 0 Å². The van der Waals surface area contributed by atoms with E-state index in [-0.39, 0.29) is 18.5 Å². The maximum absolute atomic E-state index is 11.7. The van der Waals surface area contributed by atoms with E-state index in [1.807, 2.05) is 19.1 Å². The standard InChI is InChI=1S/C18H28N4O3/c1-2-7-19-17(23)13-21-18(24)20-12-15-3-5-16(6-4-15)14-22-8-10-25-11-9-22/h3-6H,2,7-14H2,1H3,(H,19,23)(H2,20,21,24). The van der Waals surface area contributed by atoms with E-state index in [0.29, 0.717) is 13.1 Å². The molecule has 2 rings (SSSR count). The molecule has 3 N–H and O–H groups in total. The molecular formula is C18H28N4O3. The number of nitrogens with one attached hydrogen (secondary N) is 3. The molecule has 0 radical (unpaired) electrons. The Bertz CT molecular complexity index is 542. The minimum atomic E-state index is -0.343. The van der Waals surface area contributed by atoms with Crippen LogP contribution in [0.1, 0.15) is 24.5 Å². The minimum absolute atomic E-state index is 0.00960. The Morgan fingerprint density at radius 1 is 1.04 bits per heavy atom. The number of urea groups is 1. The third-order valence-electron chi connectivity index (χ3n) is 3.97. The fourth-order valence-electron chi connectivity index (χ4n) is 2.51. The quantitative estimate of drug-likeness (QED) is 0.650. The van der Waals surface area contributed by atoms with E-state index in [1.54, 1.807) is 0 Å². The summed E-state index contributed by atoms with van der Waals surface area (Å²) in [5.74, 6) is -0.176. The van der Waals surface area contributed by atoms with Gasteiger partial charge in [0.2, 0.25) is 5.91 Å². The smallest absolute Gasteiger partial charge is 0.315 e. The summed E-state index contributed by atoms with van der Waals surface area (Å²) >= 11 is 0. The molecule has 1 saturated heterocycles. The maximum atomic E-state index is 11.7. The monoisotopic (exact) mass is 348 g/mol. The van der Waals surface area contributed by atoms with E-state index >= 15 is 0 Å². The summed E-state index contributed by atoms with van der Waals surface area (Å²) in [6.07, 6.45) is 0.874. The molecule has 1 aliphatic rings. The molecule has 1 fully saturated rings. The summed E-state index contributed by atoms with van der Waals surface area (Å²) < 4.78 is 5.35. The molecule has 25 heavy (non-hydrogen) atoms. The van der Waals surface area contributed by atoms with E-state index in [2.05, 4.69) is 33.0 Å². The average Bonchev–Trinajstić information content (AvgIpc) is 2.65. The van der Waals surface area contributed by atoms with Gasteiger partial charge in [0, 0.05) is 32.7 Å². The summed E-state index contributed by atoms with van der Waals surface area (Å²) in [5, 5.41) is 8.01. The first-order valence-electron chi connectivity index (χ1n) is 8.83. The van der Waals surface area contributed by atoms with E-state index in [9.17, 15) is 9.59 Å². The number of ether oxygens (including phenoxy) is 1. The van der Waals surface area contributed by atoms with Crippen molar-refractivity contribution in [2.24, 2.45) is 0 Å². The number of rotatable bonds is 8. The van der Waals surface area contributed by atoms with Crippen LogP contribution in [-0.2, 0) is 22.6 Å². The zero-order valence-corrected chi connectivity index (χ0v) is 14.8. The van der Waals surface area contributed by atoms with Crippen molar-refractivity contribution in [3.8, 4) is 0 Å². The highest BCUT2D eigenvalue weighted by Gasteiger charge is 2.10. The third-order valence-corrected chi connectivity index (χ3v) is 3.97. The summed E-state index contributed by atoms with van der Waals surface area (Å²) in [6.45, 7) is 7.48. The molecule has 0 aliphatic carbocycles. The summed E-state index contributed by atoms with van der Waals surface area (Å²) in [5.41, 5.74) is 2.28. The first kappa shape index (κ1) is 19.2. The number of hydrogen-bond donors (Lipinski definition) is 3. The molecule has 1 aromatic carbocycles. The molecule has 0 atom stereocenters. The molecule has 3 amide bonds. The number of morpholine rings is 1. The molecular weight excluding hydrogens is 320 g/mol. The Morgan fingerprint density at radius 3 is 2.40 bits per heavy atom. The van der Waals surface area contributed by atoms with Gasteiger partial charge in [-0.1, -0.05) is 31.2 Å². The van der Waals surface area contributed by atoms with E-state index in [4.69, 9.17) is 4.74 Å². The van der Waals surface area contributed by atoms with Gasteiger partial charge in [-0.25, -0.2) is 4.79 Å². The third kappa shape index (κ3) is 7.53. The molecule has 0 spiro atoms. The Morgan fingerprint density at radius 2 is 1.72 bits per heavy atom. The van der Waals surface area contributed by atoms with Gasteiger partial charge in [-0.2, -0.15) is 0 Å². The molecule has 1 aromatic rings. The van der Waals surface area contributed by atoms with Gasteiger partial charge in [0.05, 0.1) is 19.8 Å². The van der Waals surface area contributed by atoms with Crippen molar-refractivity contribution >= 4 is 11.9 Å². The van der Waals surface area contributed by atoms with Gasteiger partial charge in [0.25, 0.3) is 0 Å². The lowest BCUT2D eigenvalue weighted by Gasteiger charge is -2.26. The second-order valence-corrected chi connectivity index (χ2v) is 6.09. The predicted molar refractivity (Wildman–Crippen MR) is 96.1 cm³/mol. The van der Waals surface area contributed by atoms with Gasteiger partial charge in [-0.05, 0) is 17.5 Å². The van der Waals surface area contributed by atoms with Crippen LogP contribution >= 0.6 is 0 Å². The Balaban J connectivity index is 1.66. The maximum Gasteiger partial charge on any atom is 0.315 e. The van der Waals surface area contributed by atoms with Crippen molar-refractivity contribution in [2.45, 2.75) is 26.4 Å². The molecule has 138 valence electrons. The van der Waals surface area contributed by atoms with Crippen molar-refractivity contribution in [1.29, 1.82) is 0 Å². The normalized spacial score (nSPS) is 14.8. The second kappa shape index (κ2) is 10.7. The SMILES string of the molecule is CCCNC(=O)CNC(=O)NCc1ccc(CN2CCOCC2)cc1. The van der Waals surface area contributed by atoms with Crippen LogP contribution in [0.5, 0.6) is 0 Å². The van der Waals surface area contributed by atoms with Crippen LogP contribution in [0, 0.1) is 0 Å². The number of benzene rings is 1. The van der Waals surface area contributed by atoms with E-state index in [0.717, 1.165) is 44.8 Å². The van der Waals surface area contributed by atoms with Gasteiger partial charge < -0.3 is 20.7 Å². The Kier molecular flexibility index (Phi) is 8.21. The van der Waals surface area contributed by atoms with Crippen molar-refractivity contribution in [2.75, 3.05) is 39.4 Å². The van der Waals surface area contributed by atoms with Crippen LogP contribution < -0.4 is 16.0 Å². The summed E-state index contributed by atoms with van der Waals surface area (Å²) in [7, 11) is 0. The van der Waals surface area contributed by atoms with Gasteiger partial charge in [-0.15, -0.1) is 0 Å². The zero-order valence-electron chi connectivity index (χ0n) is 14.8. The first-order valence-corrected chi connectivity index (χ1v) is 8.83. The largest absolute Gasteiger partial charge is 0.379 e. The summed E-state index contributed by atoms with van der Waals surface area (Å²) in [4.78, 5) is 25.5. The van der Waals surface area contributed by atoms with Crippen LogP contribution in [0.3, 0.4) is 0 Å². The molecule has 0 unspecified atom stereocenters. The van der Waals surface area contributed by atoms with Crippen molar-refractivity contribution in [3.05, 3.63) is 35.4 Å². The van der Waals surface area contributed by atoms with Crippen LogP contribution in [0.2, 0.25) is 0 Å². The topological polar surface area (TPSA) is 82.7 Å². The van der Waals surface area contributed by atoms with Gasteiger partial charge in [-0.3, -0.25) is 9.69 Å². The number of carbonyl (C=O) groups excluding carboxylic acids is 2. The molecule has 0 bridgehead atoms. The zero-order chi connectivity index (χ0) is 17.9. The highest BCUT2D eigenvalue weighted by Crippen LogP contribution is 2.09. The highest BCUT2D eigenvalue weighted by atomic mass is 16.5. The van der Waals surface area contributed by atoms with Gasteiger partial charge in [0.15, 0.2) is 0 Å². The number of nitrogens with zero attached hydrogens (tertiary/aromatic N) is 1. The van der Waals surface area contributed by atoms with E-state index < -0.39 is 0 Å². The molecule has 1 aliphatic heterocycles. The van der Waals surface area contributed by atoms with E-state index in [1.165, 1.54) is 5.56 Å². The molecule has 0 saturated carbocycles. The van der Waals surface area contributed by atoms with Crippen molar-refractivity contribution in [3.63, 3.8) is 0 Å². The molecule has 7 heteroatoms. The summed E-state index contributed by atoms with van der Waals surface area (Å²) in [6, 6.07) is 7.86. The minimum Gasteiger partial charge on any atom is -0.379 e. The average molecular weight is 348 g/mol. The van der Waals surface area contributed by atoms with Crippen LogP contribution in [0.4, 0.5) is 4.79 Å². The number of hydrogen-bond acceptors (Lipinski definition) is 4. The Labute approximate surface area is 149 Å². The van der Waals surface area contributed by atoms with Crippen LogP contribution in [-0.4, -0.2) is 56.2 Å². The lowest BCUT2D eigenvalue weighted by atomic mass is 10.1. The fourth-order valence-corrected chi connectivity index (χ4v) is 2.51. The number of amides is 3. The number of carbonyl (C=O) groups is 2. The van der Waals surface area contributed by atoms with Crippen LogP contribution in [0.25, 0.3) is 0 Å². The highest BCUT2D eigenvalue weighted by molar-refractivity contribution is 5.83. The van der Waals surface area contributed by atoms with Gasteiger partial charge >= 0.3 is 6.03 Å². The second-order valence-electron chi connectivity index (χ2n) is 6.09. The molecule has 1 heterocycles. The van der Waals surface area contributed by atoms with Crippen molar-refractivity contribution in [1.82, 2.24) is 20.9 Å². The molecule has 0 aromatic heterocycles. The lowest BCUT2D eigenvalue weighted by Crippen LogP contribution is -2.41. The predicted octanol–water partition coefficient (Wildman–Crippen LogP) is 0.844. The van der Waals surface area contributed by atoms with Crippen LogP contribution in [0.15, 0.2) is 24.3 Å². The molecule has 7 nitrogen and oxygen atoms in total. The first-order chi connectivity index (χ1) is 12.2. The lowest BCUT2D eigenvalue weighted by molar-refractivity contribution is -0.120. The Hall–Kier alpha value is -2.12.